The number of hydrogen-bond donors (Lipinski definition) is 0. The first-order chi connectivity index (χ1) is 19.5. The number of likely N-dealkylation sites (N-methyl/N-ethyl adjacent to an activating group) is 1. The first-order valence-corrected chi connectivity index (χ1v) is 14.2. The first-order valence-electron chi connectivity index (χ1n) is 13.4. The largest absolute Gasteiger partial charge is 0.463 e. The van der Waals surface area contributed by atoms with Crippen LogP contribution in [0.2, 0.25) is 0 Å². The molecule has 4 aromatic rings. The third kappa shape index (κ3) is 4.94. The maximum Gasteiger partial charge on any atom is 0.338 e. The SMILES string of the molecule is CCOC(=O)C1=C(c2ccccc2)N=c2s/c(=C/c3ccc(N4CCN(C)CC4)o3)c(=O)n2[C@H]1c1ccccc1. The van der Waals surface area contributed by atoms with E-state index in [-0.39, 0.29) is 12.2 Å². The summed E-state index contributed by atoms with van der Waals surface area (Å²) in [7, 11) is 2.11. The lowest BCUT2D eigenvalue weighted by atomic mass is 9.93. The van der Waals surface area contributed by atoms with Gasteiger partial charge in [0.05, 0.1) is 28.5 Å². The van der Waals surface area contributed by atoms with Gasteiger partial charge in [0.2, 0.25) is 0 Å². The Morgan fingerprint density at radius 3 is 2.42 bits per heavy atom. The number of aromatic nitrogens is 1. The Labute approximate surface area is 235 Å². The first kappa shape index (κ1) is 26.0. The van der Waals surface area contributed by atoms with Gasteiger partial charge in [0, 0.05) is 43.9 Å². The molecule has 204 valence electrons. The molecule has 9 heteroatoms. The van der Waals surface area contributed by atoms with Gasteiger partial charge in [-0.2, -0.15) is 0 Å². The van der Waals surface area contributed by atoms with Gasteiger partial charge in [-0.15, -0.1) is 0 Å². The fourth-order valence-corrected chi connectivity index (χ4v) is 6.12. The van der Waals surface area contributed by atoms with Gasteiger partial charge < -0.3 is 19.0 Å². The zero-order valence-electron chi connectivity index (χ0n) is 22.4. The second-order valence-electron chi connectivity index (χ2n) is 9.81. The molecule has 2 aliphatic rings. The van der Waals surface area contributed by atoms with E-state index in [1.807, 2.05) is 72.8 Å². The second-order valence-corrected chi connectivity index (χ2v) is 10.8. The molecule has 1 atom stereocenters. The fourth-order valence-electron chi connectivity index (χ4n) is 5.14. The summed E-state index contributed by atoms with van der Waals surface area (Å²) in [4.78, 5) is 37.3. The maximum absolute atomic E-state index is 14.0. The smallest absolute Gasteiger partial charge is 0.338 e. The van der Waals surface area contributed by atoms with Gasteiger partial charge in [-0.3, -0.25) is 9.36 Å². The van der Waals surface area contributed by atoms with Gasteiger partial charge in [0.15, 0.2) is 10.7 Å². The number of rotatable bonds is 6. The second kappa shape index (κ2) is 11.1. The van der Waals surface area contributed by atoms with Crippen molar-refractivity contribution in [2.75, 3.05) is 44.7 Å². The number of ether oxygens (including phenoxy) is 1. The van der Waals surface area contributed by atoms with Gasteiger partial charge in [-0.05, 0) is 25.6 Å². The molecule has 0 bridgehead atoms. The molecular weight excluding hydrogens is 524 g/mol. The molecule has 1 fully saturated rings. The number of nitrogens with zero attached hydrogens (tertiary/aromatic N) is 4. The molecule has 0 radical (unpaired) electrons. The molecule has 4 heterocycles. The van der Waals surface area contributed by atoms with Crippen molar-refractivity contribution < 1.29 is 13.9 Å². The van der Waals surface area contributed by atoms with Crippen molar-refractivity contribution in [2.45, 2.75) is 13.0 Å². The van der Waals surface area contributed by atoms with Crippen LogP contribution in [-0.4, -0.2) is 55.3 Å². The van der Waals surface area contributed by atoms with Crippen LogP contribution in [0.1, 0.15) is 29.9 Å². The summed E-state index contributed by atoms with van der Waals surface area (Å²) >= 11 is 1.29. The Morgan fingerprint density at radius 1 is 1.02 bits per heavy atom. The lowest BCUT2D eigenvalue weighted by Crippen LogP contribution is -2.44. The third-order valence-electron chi connectivity index (χ3n) is 7.19. The number of carbonyl (C=O) groups excluding carboxylic acids is 1. The normalized spacial score (nSPS) is 18.0. The molecule has 8 nitrogen and oxygen atoms in total. The van der Waals surface area contributed by atoms with E-state index in [1.165, 1.54) is 11.3 Å². The zero-order chi connectivity index (χ0) is 27.6. The molecule has 0 N–H and O–H groups in total. The predicted octanol–water partition coefficient (Wildman–Crippen LogP) is 3.28. The van der Waals surface area contributed by atoms with E-state index < -0.39 is 12.0 Å². The summed E-state index contributed by atoms with van der Waals surface area (Å²) in [5, 5.41) is 0. The highest BCUT2D eigenvalue weighted by molar-refractivity contribution is 7.07. The van der Waals surface area contributed by atoms with Crippen LogP contribution in [0.25, 0.3) is 11.8 Å². The standard InChI is InChI=1S/C31H30N4O4S/c1-3-38-30(37)26-27(21-10-6-4-7-11-21)32-31-35(28(26)22-12-8-5-9-13-22)29(36)24(40-31)20-23-14-15-25(39-23)34-18-16-33(2)17-19-34/h4-15,20,28H,3,16-19H2,1-2H3/b24-20+/t28-/m0/s1. The minimum Gasteiger partial charge on any atom is -0.463 e. The van der Waals surface area contributed by atoms with Crippen molar-refractivity contribution >= 4 is 35.0 Å². The number of benzene rings is 2. The van der Waals surface area contributed by atoms with E-state index in [2.05, 4.69) is 16.8 Å². The Balaban J connectivity index is 1.50. The van der Waals surface area contributed by atoms with Crippen LogP contribution in [0.5, 0.6) is 0 Å². The molecular formula is C31H30N4O4S. The molecule has 2 aromatic carbocycles. The van der Waals surface area contributed by atoms with Crippen molar-refractivity contribution in [3.8, 4) is 0 Å². The Morgan fingerprint density at radius 2 is 1.73 bits per heavy atom. The molecule has 0 aliphatic carbocycles. The van der Waals surface area contributed by atoms with E-state index in [1.54, 1.807) is 17.6 Å². The highest BCUT2D eigenvalue weighted by Crippen LogP contribution is 2.35. The number of carbonyl (C=O) groups is 1. The maximum atomic E-state index is 14.0. The Kier molecular flexibility index (Phi) is 7.23. The number of fused-ring (bicyclic) bond motifs is 1. The van der Waals surface area contributed by atoms with Crippen molar-refractivity contribution in [1.82, 2.24) is 9.47 Å². The quantitative estimate of drug-likeness (QED) is 0.341. The minimum atomic E-state index is -0.689. The number of thiazole rings is 1. The predicted molar refractivity (Wildman–Crippen MR) is 156 cm³/mol. The summed E-state index contributed by atoms with van der Waals surface area (Å²) in [5.74, 6) is 0.907. The van der Waals surface area contributed by atoms with Gasteiger partial charge >= 0.3 is 5.97 Å². The molecule has 0 saturated carbocycles. The van der Waals surface area contributed by atoms with E-state index >= 15 is 0 Å². The summed E-state index contributed by atoms with van der Waals surface area (Å²) < 4.78 is 13.7. The molecule has 2 aliphatic heterocycles. The van der Waals surface area contributed by atoms with Crippen LogP contribution in [-0.2, 0) is 9.53 Å². The molecule has 6 rings (SSSR count). The monoisotopic (exact) mass is 554 g/mol. The average molecular weight is 555 g/mol. The topological polar surface area (TPSA) is 80.3 Å². The third-order valence-corrected chi connectivity index (χ3v) is 8.17. The van der Waals surface area contributed by atoms with E-state index in [9.17, 15) is 9.59 Å². The molecule has 40 heavy (non-hydrogen) atoms. The number of piperazine rings is 1. The van der Waals surface area contributed by atoms with Crippen molar-refractivity contribution in [2.24, 2.45) is 4.99 Å². The summed E-state index contributed by atoms with van der Waals surface area (Å²) in [6.07, 6.45) is 1.77. The van der Waals surface area contributed by atoms with Gasteiger partial charge in [-0.25, -0.2) is 9.79 Å². The molecule has 0 unspecified atom stereocenters. The van der Waals surface area contributed by atoms with Crippen molar-refractivity contribution in [1.29, 1.82) is 0 Å². The van der Waals surface area contributed by atoms with Gasteiger partial charge in [0.1, 0.15) is 5.76 Å². The van der Waals surface area contributed by atoms with Crippen LogP contribution in [0, 0.1) is 0 Å². The van der Waals surface area contributed by atoms with Crippen LogP contribution in [0.3, 0.4) is 0 Å². The van der Waals surface area contributed by atoms with E-state index in [0.29, 0.717) is 26.4 Å². The van der Waals surface area contributed by atoms with Crippen LogP contribution >= 0.6 is 11.3 Å². The van der Waals surface area contributed by atoms with Crippen LogP contribution < -0.4 is 19.8 Å². The molecule has 2 aromatic heterocycles. The molecule has 0 amide bonds. The van der Waals surface area contributed by atoms with Crippen molar-refractivity contribution in [3.05, 3.63) is 115 Å². The fraction of sp³-hybridized carbons (Fsp3) is 0.258. The van der Waals surface area contributed by atoms with Gasteiger partial charge in [0.25, 0.3) is 5.56 Å². The van der Waals surface area contributed by atoms with Gasteiger partial charge in [-0.1, -0.05) is 72.0 Å². The lowest BCUT2D eigenvalue weighted by molar-refractivity contribution is -0.138. The zero-order valence-corrected chi connectivity index (χ0v) is 23.3. The summed E-state index contributed by atoms with van der Waals surface area (Å²) in [5.41, 5.74) is 2.21. The van der Waals surface area contributed by atoms with E-state index in [4.69, 9.17) is 14.1 Å². The highest BCUT2D eigenvalue weighted by Gasteiger charge is 2.35. The van der Waals surface area contributed by atoms with Crippen LogP contribution in [0.15, 0.2) is 92.6 Å². The van der Waals surface area contributed by atoms with Crippen molar-refractivity contribution in [3.63, 3.8) is 0 Å². The summed E-state index contributed by atoms with van der Waals surface area (Å²) in [6.45, 7) is 5.71. The number of anilines is 1. The number of furan rings is 1. The minimum absolute atomic E-state index is 0.213. The lowest BCUT2D eigenvalue weighted by Gasteiger charge is -2.32. The van der Waals surface area contributed by atoms with E-state index in [0.717, 1.165) is 43.2 Å². The number of hydrogen-bond acceptors (Lipinski definition) is 8. The molecule has 1 saturated heterocycles. The number of esters is 1. The Bertz CT molecular complexity index is 1730. The summed E-state index contributed by atoms with van der Waals surface area (Å²) in [6, 6.07) is 22.3. The average Bonchev–Trinajstić information content (AvgIpc) is 3.58. The van der Waals surface area contributed by atoms with Crippen LogP contribution in [0.4, 0.5) is 5.88 Å². The molecule has 0 spiro atoms. The Hall–Kier alpha value is -4.21. The highest BCUT2D eigenvalue weighted by atomic mass is 32.1.